The van der Waals surface area contributed by atoms with Crippen LogP contribution in [-0.4, -0.2) is 79.3 Å². The summed E-state index contributed by atoms with van der Waals surface area (Å²) in [4.78, 5) is 30.9. The van der Waals surface area contributed by atoms with Gasteiger partial charge in [0.1, 0.15) is 5.75 Å². The predicted molar refractivity (Wildman–Crippen MR) is 165 cm³/mol. The number of anilines is 1. The molecular weight excluding hydrogens is 571 g/mol. The lowest BCUT2D eigenvalue weighted by Crippen LogP contribution is -2.57. The highest BCUT2D eigenvalue weighted by Crippen LogP contribution is 2.45. The van der Waals surface area contributed by atoms with Crippen molar-refractivity contribution >= 4 is 17.5 Å². The molecule has 0 spiro atoms. The minimum Gasteiger partial charge on any atom is -0.491 e. The molecule has 2 aromatic carbocycles. The first-order chi connectivity index (χ1) is 20.5. The average molecular weight is 618 g/mol. The molecule has 2 aliphatic heterocycles. The molecule has 0 aromatic heterocycles. The summed E-state index contributed by atoms with van der Waals surface area (Å²) in [6.45, 7) is 9.72. The lowest BCUT2D eigenvalue weighted by atomic mass is 9.71. The fourth-order valence-electron chi connectivity index (χ4n) is 6.58. The Morgan fingerprint density at radius 2 is 1.68 bits per heavy atom. The molecule has 0 saturated carbocycles. The topological polar surface area (TPSA) is 73.3 Å². The summed E-state index contributed by atoms with van der Waals surface area (Å²) in [5.74, 6) is -0.709. The van der Waals surface area contributed by atoms with Gasteiger partial charge in [0.05, 0.1) is 6.10 Å². The van der Waals surface area contributed by atoms with E-state index in [1.54, 1.807) is 32.8 Å². The number of rotatable bonds is 8. The zero-order chi connectivity index (χ0) is 32.4. The molecule has 2 aliphatic rings. The molecule has 2 heterocycles. The Kier molecular flexibility index (Phi) is 9.93. The van der Waals surface area contributed by atoms with Gasteiger partial charge in [-0.15, -0.1) is 0 Å². The van der Waals surface area contributed by atoms with Crippen molar-refractivity contribution in [2.45, 2.75) is 77.7 Å². The number of hydrogen-bond acceptors (Lipinski definition) is 5. The molecule has 0 aliphatic carbocycles. The van der Waals surface area contributed by atoms with Crippen molar-refractivity contribution in [1.29, 1.82) is 0 Å². The maximum atomic E-state index is 14.4. The Morgan fingerprint density at radius 3 is 2.23 bits per heavy atom. The number of amides is 2. The summed E-state index contributed by atoms with van der Waals surface area (Å²) < 4.78 is 48.6. The molecule has 2 fully saturated rings. The van der Waals surface area contributed by atoms with E-state index in [-0.39, 0.29) is 36.3 Å². The fraction of sp³-hybridized carbons (Fsp3) is 0.588. The number of nitrogens with zero attached hydrogens (tertiary/aromatic N) is 3. The van der Waals surface area contributed by atoms with Crippen LogP contribution in [0.1, 0.15) is 74.4 Å². The summed E-state index contributed by atoms with van der Waals surface area (Å²) in [7, 11) is 3.49. The van der Waals surface area contributed by atoms with Gasteiger partial charge < -0.3 is 24.5 Å². The van der Waals surface area contributed by atoms with Crippen molar-refractivity contribution in [3.05, 3.63) is 59.2 Å². The average Bonchev–Trinajstić information content (AvgIpc) is 2.96. The molecule has 2 amide bonds. The maximum Gasteiger partial charge on any atom is 0.430 e. The van der Waals surface area contributed by atoms with Crippen molar-refractivity contribution in [2.24, 2.45) is 11.3 Å². The van der Waals surface area contributed by atoms with Gasteiger partial charge in [-0.3, -0.25) is 9.59 Å². The Bertz CT molecular complexity index is 1330. The van der Waals surface area contributed by atoms with Crippen LogP contribution in [0.4, 0.5) is 18.9 Å². The van der Waals surface area contributed by atoms with E-state index in [0.717, 1.165) is 55.7 Å². The largest absolute Gasteiger partial charge is 0.491 e. The first kappa shape index (κ1) is 33.6. The van der Waals surface area contributed by atoms with Crippen LogP contribution in [0, 0.1) is 18.3 Å². The Labute approximate surface area is 259 Å². The summed E-state index contributed by atoms with van der Waals surface area (Å²) in [5.41, 5.74) is -1.54. The lowest BCUT2D eigenvalue weighted by Gasteiger charge is -2.45. The molecule has 2 saturated heterocycles. The third-order valence-electron chi connectivity index (χ3n) is 9.21. The van der Waals surface area contributed by atoms with Crippen molar-refractivity contribution < 1.29 is 32.6 Å². The number of ether oxygens (including phenoxy) is 1. The van der Waals surface area contributed by atoms with Gasteiger partial charge in [0.15, 0.2) is 0 Å². The zero-order valence-electron chi connectivity index (χ0n) is 26.7. The number of piperidine rings is 2. The highest BCUT2D eigenvalue weighted by atomic mass is 19.4. The minimum atomic E-state index is -5.20. The molecule has 4 rings (SSSR count). The molecule has 1 atom stereocenters. The second kappa shape index (κ2) is 13.0. The van der Waals surface area contributed by atoms with E-state index >= 15 is 0 Å². The molecule has 0 radical (unpaired) electrons. The summed E-state index contributed by atoms with van der Waals surface area (Å²) >= 11 is 0. The second-order valence-corrected chi connectivity index (χ2v) is 13.3. The van der Waals surface area contributed by atoms with Gasteiger partial charge in [0, 0.05) is 57.1 Å². The van der Waals surface area contributed by atoms with Crippen LogP contribution in [0.15, 0.2) is 42.5 Å². The van der Waals surface area contributed by atoms with E-state index < -0.39 is 23.2 Å². The number of likely N-dealkylation sites (tertiary alicyclic amines) is 1. The summed E-state index contributed by atoms with van der Waals surface area (Å²) in [6.07, 6.45) is -1.39. The lowest BCUT2D eigenvalue weighted by molar-refractivity contribution is -0.262. The van der Waals surface area contributed by atoms with E-state index in [9.17, 15) is 27.9 Å². The summed E-state index contributed by atoms with van der Waals surface area (Å²) in [5, 5.41) is 11.0. The van der Waals surface area contributed by atoms with Gasteiger partial charge in [0.2, 0.25) is 0 Å². The van der Waals surface area contributed by atoms with Gasteiger partial charge >= 0.3 is 6.18 Å². The van der Waals surface area contributed by atoms with Gasteiger partial charge in [-0.25, -0.2) is 0 Å². The van der Waals surface area contributed by atoms with Gasteiger partial charge in [-0.05, 0) is 100 Å². The van der Waals surface area contributed by atoms with E-state index in [2.05, 4.69) is 17.9 Å². The standard InChI is InChI=1S/C34H46F3N3O4/c1-23(2)44-28-9-7-8-26(21-28)33(43,34(35,36)37)31(42)40-18-14-32(4,15-19-40)22-25-12-16-39(17-13-25)27-10-11-29(24(3)20-27)30(41)38(5)6/h7-11,20-21,23,25,43H,12-19,22H2,1-6H3/t33-/m1/s1. The van der Waals surface area contributed by atoms with Crippen LogP contribution in [0.3, 0.4) is 0 Å². The van der Waals surface area contributed by atoms with Crippen molar-refractivity contribution in [3.8, 4) is 5.75 Å². The normalized spacial score (nSPS) is 19.1. The van der Waals surface area contributed by atoms with Gasteiger partial charge in [-0.1, -0.05) is 19.1 Å². The monoisotopic (exact) mass is 617 g/mol. The van der Waals surface area contributed by atoms with Crippen molar-refractivity contribution in [3.63, 3.8) is 0 Å². The molecule has 2 aromatic rings. The van der Waals surface area contributed by atoms with Crippen LogP contribution in [0.5, 0.6) is 5.75 Å². The van der Waals surface area contributed by atoms with Crippen LogP contribution < -0.4 is 9.64 Å². The van der Waals surface area contributed by atoms with E-state index in [0.29, 0.717) is 24.3 Å². The van der Waals surface area contributed by atoms with Crippen molar-refractivity contribution in [2.75, 3.05) is 45.2 Å². The number of aryl methyl sites for hydroxylation is 1. The first-order valence-electron chi connectivity index (χ1n) is 15.5. The number of alkyl halides is 3. The summed E-state index contributed by atoms with van der Waals surface area (Å²) in [6, 6.07) is 11.1. The SMILES string of the molecule is Cc1cc(N2CCC(CC3(C)CCN(C(=O)[C@](O)(c4cccc(OC(C)C)c4)C(F)(F)F)CC3)CC2)ccc1C(=O)N(C)C. The van der Waals surface area contributed by atoms with Crippen LogP contribution >= 0.6 is 0 Å². The number of benzene rings is 2. The minimum absolute atomic E-state index is 0.0118. The molecule has 7 nitrogen and oxygen atoms in total. The Morgan fingerprint density at radius 1 is 1.05 bits per heavy atom. The van der Waals surface area contributed by atoms with E-state index in [4.69, 9.17) is 4.74 Å². The van der Waals surface area contributed by atoms with E-state index in [1.807, 2.05) is 19.1 Å². The van der Waals surface area contributed by atoms with Crippen LogP contribution in [0.2, 0.25) is 0 Å². The van der Waals surface area contributed by atoms with Crippen LogP contribution in [-0.2, 0) is 10.4 Å². The van der Waals surface area contributed by atoms with E-state index in [1.165, 1.54) is 17.0 Å². The fourth-order valence-corrected chi connectivity index (χ4v) is 6.58. The molecular formula is C34H46F3N3O4. The quantitative estimate of drug-likeness (QED) is 0.384. The highest BCUT2D eigenvalue weighted by Gasteiger charge is 2.62. The molecule has 44 heavy (non-hydrogen) atoms. The first-order valence-corrected chi connectivity index (χ1v) is 15.5. The second-order valence-electron chi connectivity index (χ2n) is 13.3. The highest BCUT2D eigenvalue weighted by molar-refractivity contribution is 5.95. The molecule has 1 N–H and O–H groups in total. The molecule has 10 heteroatoms. The Balaban J connectivity index is 1.36. The number of carbonyl (C=O) groups is 2. The van der Waals surface area contributed by atoms with Gasteiger partial charge in [0.25, 0.3) is 17.4 Å². The third-order valence-corrected chi connectivity index (χ3v) is 9.21. The third kappa shape index (κ3) is 7.16. The Hall–Kier alpha value is -3.27. The van der Waals surface area contributed by atoms with Gasteiger partial charge in [-0.2, -0.15) is 13.2 Å². The predicted octanol–water partition coefficient (Wildman–Crippen LogP) is 6.17. The molecule has 0 unspecified atom stereocenters. The van der Waals surface area contributed by atoms with Crippen molar-refractivity contribution in [1.82, 2.24) is 9.80 Å². The smallest absolute Gasteiger partial charge is 0.430 e. The molecule has 0 bridgehead atoms. The molecule has 242 valence electrons. The number of carbonyl (C=O) groups excluding carboxylic acids is 2. The maximum absolute atomic E-state index is 14.4. The van der Waals surface area contributed by atoms with Crippen LogP contribution in [0.25, 0.3) is 0 Å². The number of aliphatic hydroxyl groups is 1. The number of halogens is 3. The number of hydrogen-bond donors (Lipinski definition) is 1. The zero-order valence-corrected chi connectivity index (χ0v) is 26.7.